The standard InChI is InChI=1S/C19H30N4O/c1-20-18(23(4)14-16-10-6-5-7-11-16)21-15-19(12-8-9-13-19)17(24)22(2)3/h5-7,10-11H,8-9,12-15H2,1-4H3,(H,20,21). The lowest BCUT2D eigenvalue weighted by Crippen LogP contribution is -2.49. The van der Waals surface area contributed by atoms with Crippen LogP contribution in [0.5, 0.6) is 0 Å². The van der Waals surface area contributed by atoms with Crippen LogP contribution in [0.25, 0.3) is 0 Å². The van der Waals surface area contributed by atoms with Crippen LogP contribution in [0.3, 0.4) is 0 Å². The summed E-state index contributed by atoms with van der Waals surface area (Å²) in [5.74, 6) is 1.06. The number of guanidine groups is 1. The molecule has 0 saturated heterocycles. The number of amides is 1. The van der Waals surface area contributed by atoms with Crippen molar-refractivity contribution in [2.24, 2.45) is 10.4 Å². The van der Waals surface area contributed by atoms with Gasteiger partial charge in [-0.1, -0.05) is 43.2 Å². The lowest BCUT2D eigenvalue weighted by molar-refractivity contribution is -0.138. The number of rotatable bonds is 5. The van der Waals surface area contributed by atoms with Gasteiger partial charge in [-0.2, -0.15) is 0 Å². The van der Waals surface area contributed by atoms with Crippen LogP contribution in [0.2, 0.25) is 0 Å². The van der Waals surface area contributed by atoms with E-state index in [1.54, 1.807) is 11.9 Å². The summed E-state index contributed by atoms with van der Waals surface area (Å²) in [5.41, 5.74) is 0.954. The highest BCUT2D eigenvalue weighted by atomic mass is 16.2. The van der Waals surface area contributed by atoms with Gasteiger partial charge in [0.1, 0.15) is 0 Å². The molecule has 1 saturated carbocycles. The van der Waals surface area contributed by atoms with Crippen LogP contribution in [0.15, 0.2) is 35.3 Å². The zero-order valence-corrected chi connectivity index (χ0v) is 15.4. The molecule has 2 rings (SSSR count). The van der Waals surface area contributed by atoms with Crippen LogP contribution in [0.1, 0.15) is 31.2 Å². The van der Waals surface area contributed by atoms with Crippen molar-refractivity contribution >= 4 is 11.9 Å². The molecule has 1 aliphatic carbocycles. The molecule has 0 bridgehead atoms. The molecule has 5 heteroatoms. The zero-order valence-electron chi connectivity index (χ0n) is 15.4. The van der Waals surface area contributed by atoms with Gasteiger partial charge in [-0.25, -0.2) is 0 Å². The van der Waals surface area contributed by atoms with Crippen molar-refractivity contribution in [3.05, 3.63) is 35.9 Å². The maximum atomic E-state index is 12.7. The third kappa shape index (κ3) is 4.28. The maximum absolute atomic E-state index is 12.7. The predicted molar refractivity (Wildman–Crippen MR) is 98.9 cm³/mol. The quantitative estimate of drug-likeness (QED) is 0.666. The Labute approximate surface area is 145 Å². The summed E-state index contributed by atoms with van der Waals surface area (Å²) in [6.07, 6.45) is 4.16. The van der Waals surface area contributed by atoms with Crippen LogP contribution in [0.4, 0.5) is 0 Å². The molecule has 1 aliphatic rings. The number of carbonyl (C=O) groups is 1. The van der Waals surface area contributed by atoms with Crippen LogP contribution in [0, 0.1) is 5.41 Å². The molecule has 0 atom stereocenters. The Balaban J connectivity index is 2.00. The van der Waals surface area contributed by atoms with Gasteiger partial charge in [0.25, 0.3) is 0 Å². The average molecular weight is 330 g/mol. The summed E-state index contributed by atoms with van der Waals surface area (Å²) in [7, 11) is 7.51. The summed E-state index contributed by atoms with van der Waals surface area (Å²) < 4.78 is 0. The Morgan fingerprint density at radius 3 is 2.33 bits per heavy atom. The van der Waals surface area contributed by atoms with Crippen molar-refractivity contribution in [3.8, 4) is 0 Å². The van der Waals surface area contributed by atoms with Crippen molar-refractivity contribution in [1.82, 2.24) is 15.1 Å². The molecule has 0 heterocycles. The van der Waals surface area contributed by atoms with E-state index in [1.165, 1.54) is 5.56 Å². The SMILES string of the molecule is CN=C(NCC1(C(=O)N(C)C)CCCC1)N(C)Cc1ccccc1. The summed E-state index contributed by atoms with van der Waals surface area (Å²) in [4.78, 5) is 20.9. The zero-order chi connectivity index (χ0) is 17.6. The Hall–Kier alpha value is -2.04. The topological polar surface area (TPSA) is 47.9 Å². The van der Waals surface area contributed by atoms with Crippen LogP contribution in [-0.4, -0.2) is 56.4 Å². The van der Waals surface area contributed by atoms with Gasteiger partial charge in [-0.3, -0.25) is 9.79 Å². The third-order valence-corrected chi connectivity index (χ3v) is 4.84. The molecule has 0 aliphatic heterocycles. The number of nitrogens with zero attached hydrogens (tertiary/aromatic N) is 3. The van der Waals surface area contributed by atoms with Crippen molar-refractivity contribution in [2.75, 3.05) is 34.7 Å². The van der Waals surface area contributed by atoms with Crippen molar-refractivity contribution in [2.45, 2.75) is 32.2 Å². The Morgan fingerprint density at radius 1 is 1.17 bits per heavy atom. The third-order valence-electron chi connectivity index (χ3n) is 4.84. The van der Waals surface area contributed by atoms with E-state index in [0.29, 0.717) is 6.54 Å². The van der Waals surface area contributed by atoms with E-state index >= 15 is 0 Å². The number of benzene rings is 1. The van der Waals surface area contributed by atoms with E-state index in [1.807, 2.05) is 39.3 Å². The van der Waals surface area contributed by atoms with E-state index < -0.39 is 0 Å². The monoisotopic (exact) mass is 330 g/mol. The molecule has 0 spiro atoms. The van der Waals surface area contributed by atoms with Crippen molar-refractivity contribution in [1.29, 1.82) is 0 Å². The molecule has 0 radical (unpaired) electrons. The first kappa shape index (κ1) is 18.3. The minimum Gasteiger partial charge on any atom is -0.355 e. The van der Waals surface area contributed by atoms with Crippen LogP contribution < -0.4 is 5.32 Å². The molecule has 1 fully saturated rings. The number of aliphatic imine (C=N–C) groups is 1. The lowest BCUT2D eigenvalue weighted by atomic mass is 9.84. The number of nitrogens with one attached hydrogen (secondary N) is 1. The van der Waals surface area contributed by atoms with E-state index in [2.05, 4.69) is 27.3 Å². The largest absolute Gasteiger partial charge is 0.355 e. The van der Waals surface area contributed by atoms with Gasteiger partial charge in [0.2, 0.25) is 5.91 Å². The average Bonchev–Trinajstić information content (AvgIpc) is 3.05. The fourth-order valence-electron chi connectivity index (χ4n) is 3.56. The van der Waals surface area contributed by atoms with E-state index in [0.717, 1.165) is 38.2 Å². The summed E-state index contributed by atoms with van der Waals surface area (Å²) in [6.45, 7) is 1.44. The van der Waals surface area contributed by atoms with E-state index in [9.17, 15) is 4.79 Å². The fraction of sp³-hybridized carbons (Fsp3) is 0.579. The van der Waals surface area contributed by atoms with Crippen molar-refractivity contribution in [3.63, 3.8) is 0 Å². The number of carbonyl (C=O) groups excluding carboxylic acids is 1. The molecule has 1 N–H and O–H groups in total. The summed E-state index contributed by atoms with van der Waals surface area (Å²) in [6, 6.07) is 10.3. The smallest absolute Gasteiger partial charge is 0.230 e. The number of hydrogen-bond donors (Lipinski definition) is 1. The van der Waals surface area contributed by atoms with Gasteiger partial charge < -0.3 is 15.1 Å². The van der Waals surface area contributed by atoms with Gasteiger partial charge in [0.05, 0.1) is 5.41 Å². The Kier molecular flexibility index (Phi) is 6.23. The molecule has 1 aromatic rings. The highest BCUT2D eigenvalue weighted by Gasteiger charge is 2.42. The minimum absolute atomic E-state index is 0.230. The molecular formula is C19H30N4O. The fourth-order valence-corrected chi connectivity index (χ4v) is 3.56. The second-order valence-electron chi connectivity index (χ2n) is 6.93. The highest BCUT2D eigenvalue weighted by Crippen LogP contribution is 2.38. The lowest BCUT2D eigenvalue weighted by Gasteiger charge is -2.32. The first-order valence-electron chi connectivity index (χ1n) is 8.66. The molecule has 132 valence electrons. The van der Waals surface area contributed by atoms with Crippen LogP contribution >= 0.6 is 0 Å². The second-order valence-corrected chi connectivity index (χ2v) is 6.93. The van der Waals surface area contributed by atoms with E-state index in [-0.39, 0.29) is 11.3 Å². The van der Waals surface area contributed by atoms with Gasteiger partial charge in [0, 0.05) is 41.3 Å². The highest BCUT2D eigenvalue weighted by molar-refractivity contribution is 5.85. The molecule has 0 unspecified atom stereocenters. The van der Waals surface area contributed by atoms with Crippen molar-refractivity contribution < 1.29 is 4.79 Å². The number of hydrogen-bond acceptors (Lipinski definition) is 2. The first-order chi connectivity index (χ1) is 11.5. The first-order valence-corrected chi connectivity index (χ1v) is 8.66. The molecule has 5 nitrogen and oxygen atoms in total. The van der Waals surface area contributed by atoms with Gasteiger partial charge in [0.15, 0.2) is 5.96 Å². The van der Waals surface area contributed by atoms with Crippen LogP contribution in [-0.2, 0) is 11.3 Å². The summed E-state index contributed by atoms with van der Waals surface area (Å²) in [5, 5.41) is 3.44. The Bertz CT molecular complexity index is 562. The molecule has 1 amide bonds. The molecule has 24 heavy (non-hydrogen) atoms. The molecule has 0 aromatic heterocycles. The minimum atomic E-state index is -0.285. The normalized spacial score (nSPS) is 16.8. The molecular weight excluding hydrogens is 300 g/mol. The second kappa shape index (κ2) is 8.18. The molecule has 1 aromatic carbocycles. The maximum Gasteiger partial charge on any atom is 0.230 e. The van der Waals surface area contributed by atoms with Gasteiger partial charge in [-0.05, 0) is 18.4 Å². The van der Waals surface area contributed by atoms with Gasteiger partial charge in [-0.15, -0.1) is 0 Å². The van der Waals surface area contributed by atoms with Gasteiger partial charge >= 0.3 is 0 Å². The van der Waals surface area contributed by atoms with E-state index in [4.69, 9.17) is 0 Å². The summed E-state index contributed by atoms with van der Waals surface area (Å²) >= 11 is 0. The Morgan fingerprint density at radius 2 is 1.79 bits per heavy atom. The predicted octanol–water partition coefficient (Wildman–Crippen LogP) is 2.34.